The monoisotopic (exact) mass is 898 g/mol. The van der Waals surface area contributed by atoms with Gasteiger partial charge in [0.05, 0.1) is 110 Å². The highest BCUT2D eigenvalue weighted by molar-refractivity contribution is 5.91. The van der Waals surface area contributed by atoms with Crippen molar-refractivity contribution < 1.29 is 65.9 Å². The zero-order chi connectivity index (χ0) is 46.7. The average Bonchev–Trinajstić information content (AvgIpc) is 3.33. The van der Waals surface area contributed by atoms with Crippen molar-refractivity contribution in [1.29, 1.82) is 0 Å². The van der Waals surface area contributed by atoms with Crippen molar-refractivity contribution in [2.24, 2.45) is 0 Å². The van der Waals surface area contributed by atoms with E-state index < -0.39 is 11.9 Å². The average molecular weight is 899 g/mol. The molecule has 6 rings (SSSR count). The van der Waals surface area contributed by atoms with E-state index in [0.717, 1.165) is 72.2 Å². The van der Waals surface area contributed by atoms with Gasteiger partial charge in [0.25, 0.3) is 0 Å². The lowest BCUT2D eigenvalue weighted by atomic mass is 9.85. The number of rotatable bonds is 21. The Morgan fingerprint density at radius 1 is 0.523 bits per heavy atom. The third-order valence-corrected chi connectivity index (χ3v) is 13.2. The Morgan fingerprint density at radius 2 is 0.954 bits per heavy atom. The van der Waals surface area contributed by atoms with Crippen LogP contribution >= 0.6 is 0 Å². The van der Waals surface area contributed by atoms with Gasteiger partial charge in [0.2, 0.25) is 0 Å². The van der Waals surface area contributed by atoms with E-state index in [1.54, 1.807) is 56.9 Å². The van der Waals surface area contributed by atoms with Crippen LogP contribution in [-0.2, 0) is 38.3 Å². The Bertz CT molecular complexity index is 2330. The highest BCUT2D eigenvalue weighted by Gasteiger charge is 2.42. The normalized spacial score (nSPS) is 19.9. The summed E-state index contributed by atoms with van der Waals surface area (Å²) in [6.45, 7) is 3.58. The summed E-state index contributed by atoms with van der Waals surface area (Å²) >= 11 is 0. The molecule has 4 atom stereocenters. The van der Waals surface area contributed by atoms with Gasteiger partial charge in [-0.3, -0.25) is 0 Å². The molecule has 4 aromatic rings. The molecule has 2 heterocycles. The molecule has 2 aliphatic rings. The number of methoxy groups -OCH3 is 8. The van der Waals surface area contributed by atoms with Crippen LogP contribution in [-0.4, -0.2) is 131 Å². The predicted octanol–water partition coefficient (Wildman–Crippen LogP) is 7.26. The predicted molar refractivity (Wildman–Crippen MR) is 246 cm³/mol. The summed E-state index contributed by atoms with van der Waals surface area (Å²) < 4.78 is 57.7. The summed E-state index contributed by atoms with van der Waals surface area (Å²) in [7, 11) is 17.6. The van der Waals surface area contributed by atoms with Crippen molar-refractivity contribution in [3.05, 3.63) is 106 Å². The second kappa shape index (κ2) is 21.7. The van der Waals surface area contributed by atoms with Crippen LogP contribution in [0.5, 0.6) is 46.0 Å². The van der Waals surface area contributed by atoms with Crippen molar-refractivity contribution in [2.75, 3.05) is 110 Å². The van der Waals surface area contributed by atoms with Crippen LogP contribution in [0.2, 0.25) is 0 Å². The van der Waals surface area contributed by atoms with Crippen molar-refractivity contribution in [3.8, 4) is 46.0 Å². The minimum Gasteiger partial charge on any atom is -0.493 e. The van der Waals surface area contributed by atoms with E-state index in [2.05, 4.69) is 50.5 Å². The van der Waals surface area contributed by atoms with Crippen molar-refractivity contribution in [1.82, 2.24) is 0 Å². The number of hydrogen-bond donors (Lipinski definition) is 0. The van der Waals surface area contributed by atoms with E-state index in [1.165, 1.54) is 16.7 Å². The molecule has 4 unspecified atom stereocenters. The molecule has 0 saturated heterocycles. The maximum absolute atomic E-state index is 12.8. The largest absolute Gasteiger partial charge is 0.493 e. The Balaban J connectivity index is 1.05. The number of fused-ring (bicyclic) bond motifs is 2. The van der Waals surface area contributed by atoms with Gasteiger partial charge >= 0.3 is 11.9 Å². The van der Waals surface area contributed by atoms with Crippen LogP contribution in [0.4, 0.5) is 0 Å². The Kier molecular flexibility index (Phi) is 16.1. The summed E-state index contributed by atoms with van der Waals surface area (Å²) in [5.74, 6) is 4.19. The molecule has 4 aromatic carbocycles. The molecule has 14 nitrogen and oxygen atoms in total. The van der Waals surface area contributed by atoms with E-state index >= 15 is 0 Å². The van der Waals surface area contributed by atoms with Crippen LogP contribution in [0.15, 0.2) is 72.8 Å². The molecule has 0 radical (unpaired) electrons. The molecule has 2 aliphatic heterocycles. The maximum Gasteiger partial charge on any atom is 0.331 e. The topological polar surface area (TPSA) is 126 Å². The molecule has 0 aromatic heterocycles. The first-order valence-electron chi connectivity index (χ1n) is 22.0. The van der Waals surface area contributed by atoms with Crippen LogP contribution in [0.1, 0.15) is 58.3 Å². The zero-order valence-electron chi connectivity index (χ0n) is 39.7. The number of carbonyl (C=O) groups excluding carboxylic acids is 2. The molecule has 14 heteroatoms. The Hall–Kier alpha value is -6.12. The number of ether oxygens (including phenoxy) is 10. The molecule has 65 heavy (non-hydrogen) atoms. The van der Waals surface area contributed by atoms with Crippen molar-refractivity contribution in [2.45, 2.75) is 44.2 Å². The number of likely N-dealkylation sites (N-methyl/N-ethyl adjacent to an activating group) is 2. The number of carbonyl (C=O) groups is 2. The fraction of sp³-hybridized carbons (Fsp3) is 0.451. The lowest BCUT2D eigenvalue weighted by Crippen LogP contribution is -2.52. The first-order valence-corrected chi connectivity index (χ1v) is 22.0. The summed E-state index contributed by atoms with van der Waals surface area (Å²) in [6, 6.07) is 20.4. The first-order chi connectivity index (χ1) is 31.4. The number of nitrogens with zero attached hydrogens (tertiary/aromatic N) is 2. The summed E-state index contributed by atoms with van der Waals surface area (Å²) in [5.41, 5.74) is 6.91. The number of esters is 2. The van der Waals surface area contributed by atoms with E-state index in [9.17, 15) is 9.59 Å². The molecule has 0 amide bonds. The smallest absolute Gasteiger partial charge is 0.331 e. The van der Waals surface area contributed by atoms with Gasteiger partial charge in [0.15, 0.2) is 46.0 Å². The van der Waals surface area contributed by atoms with Gasteiger partial charge in [0.1, 0.15) is 12.1 Å². The highest BCUT2D eigenvalue weighted by atomic mass is 16.5. The van der Waals surface area contributed by atoms with Gasteiger partial charge in [0, 0.05) is 60.9 Å². The lowest BCUT2D eigenvalue weighted by Gasteiger charge is -2.46. The Morgan fingerprint density at radius 3 is 1.49 bits per heavy atom. The molecule has 350 valence electrons. The highest BCUT2D eigenvalue weighted by Crippen LogP contribution is 2.46. The third-order valence-electron chi connectivity index (χ3n) is 13.2. The SMILES string of the molecule is COc1ccc(CC2c3cc(OC)c(OC)cc3CC[N+]2(C)CCCOC(=O)C=CC(=O)OCCC[N+]2(C)CCc3cc(OC)c(OC)cc3C2c2ccc(OC)c(OC)c2)cc1OC. The van der Waals surface area contributed by atoms with E-state index in [-0.39, 0.29) is 25.3 Å². The summed E-state index contributed by atoms with van der Waals surface area (Å²) in [5, 5.41) is 0. The van der Waals surface area contributed by atoms with Gasteiger partial charge in [-0.05, 0) is 71.3 Å². The molecular weight excluding hydrogens is 833 g/mol. The number of quaternary nitrogens is 2. The molecule has 0 spiro atoms. The molecule has 0 saturated carbocycles. The quantitative estimate of drug-likeness (QED) is 0.0362. The standard InChI is InChI=1S/C51H66N2O12/c1-52(23-19-35-29-45(60-7)47(62-9)32-38(35)40(52)27-34-13-15-41(56-3)43(28-34)58-5)21-11-25-64-49(54)17-18-50(55)65-26-12-22-53(2)24-20-36-30-46(61-8)48(63-10)33-39(36)51(53)37-14-16-42(57-4)44(31-37)59-6/h13-18,28-33,40,51H,11-12,19-27H2,1-10H3/q+2. The van der Waals surface area contributed by atoms with Crippen LogP contribution < -0.4 is 37.9 Å². The minimum atomic E-state index is -0.600. The Labute approximate surface area is 383 Å². The van der Waals surface area contributed by atoms with Gasteiger partial charge in [-0.25, -0.2) is 9.59 Å². The molecular formula is C51H66N2O12+2. The first kappa shape index (κ1) is 48.3. The van der Waals surface area contributed by atoms with E-state index in [1.807, 2.05) is 24.3 Å². The van der Waals surface area contributed by atoms with Crippen LogP contribution in [0, 0.1) is 0 Å². The molecule has 0 bridgehead atoms. The van der Waals surface area contributed by atoms with E-state index in [4.69, 9.17) is 47.4 Å². The summed E-state index contributed by atoms with van der Waals surface area (Å²) in [6.07, 6.45) is 5.92. The van der Waals surface area contributed by atoms with Crippen LogP contribution in [0.3, 0.4) is 0 Å². The fourth-order valence-electron chi connectivity index (χ4n) is 9.64. The molecule has 0 aliphatic carbocycles. The van der Waals surface area contributed by atoms with Crippen molar-refractivity contribution >= 4 is 11.9 Å². The summed E-state index contributed by atoms with van der Waals surface area (Å²) in [4.78, 5) is 25.6. The lowest BCUT2D eigenvalue weighted by molar-refractivity contribution is -0.941. The van der Waals surface area contributed by atoms with Gasteiger partial charge < -0.3 is 56.3 Å². The number of benzene rings is 4. The minimum absolute atomic E-state index is 0.0711. The second-order valence-corrected chi connectivity index (χ2v) is 17.0. The van der Waals surface area contributed by atoms with Crippen molar-refractivity contribution in [3.63, 3.8) is 0 Å². The van der Waals surface area contributed by atoms with E-state index in [0.29, 0.717) is 69.9 Å². The second-order valence-electron chi connectivity index (χ2n) is 17.0. The van der Waals surface area contributed by atoms with Gasteiger partial charge in [-0.2, -0.15) is 0 Å². The zero-order valence-corrected chi connectivity index (χ0v) is 39.7. The number of hydrogen-bond acceptors (Lipinski definition) is 12. The van der Waals surface area contributed by atoms with Gasteiger partial charge in [-0.15, -0.1) is 0 Å². The van der Waals surface area contributed by atoms with Gasteiger partial charge in [-0.1, -0.05) is 6.07 Å². The fourth-order valence-corrected chi connectivity index (χ4v) is 9.64. The third kappa shape index (κ3) is 10.9. The maximum atomic E-state index is 12.8. The van der Waals surface area contributed by atoms with Crippen LogP contribution in [0.25, 0.3) is 0 Å². The molecule has 0 fully saturated rings. The molecule has 0 N–H and O–H groups in total.